The summed E-state index contributed by atoms with van der Waals surface area (Å²) in [5.41, 5.74) is 1.37. The summed E-state index contributed by atoms with van der Waals surface area (Å²) >= 11 is 3.52. The maximum absolute atomic E-state index is 3.52. The molecule has 0 saturated heterocycles. The van der Waals surface area contributed by atoms with E-state index in [0.717, 1.165) is 30.7 Å². The van der Waals surface area contributed by atoms with Crippen LogP contribution in [0, 0.1) is 0 Å². The van der Waals surface area contributed by atoms with Crippen LogP contribution in [0.15, 0.2) is 40.9 Å². The Bertz CT molecular complexity index is 554. The van der Waals surface area contributed by atoms with Crippen molar-refractivity contribution < 1.29 is 0 Å². The lowest BCUT2D eigenvalue weighted by molar-refractivity contribution is 0.325. The fourth-order valence-electron chi connectivity index (χ4n) is 2.33. The molecule has 0 aliphatic carbocycles. The molecule has 0 bridgehead atoms. The first-order chi connectivity index (χ1) is 9.69. The topological polar surface area (TPSA) is 15.3 Å². The van der Waals surface area contributed by atoms with Crippen molar-refractivity contribution in [2.24, 2.45) is 0 Å². The van der Waals surface area contributed by atoms with Gasteiger partial charge in [-0.1, -0.05) is 41.1 Å². The lowest BCUT2D eigenvalue weighted by atomic mass is 10.1. The molecule has 20 heavy (non-hydrogen) atoms. The van der Waals surface area contributed by atoms with E-state index < -0.39 is 0 Å². The van der Waals surface area contributed by atoms with Crippen LogP contribution in [0.1, 0.15) is 18.9 Å². The number of nitrogens with one attached hydrogen (secondary N) is 1. The van der Waals surface area contributed by atoms with E-state index in [1.165, 1.54) is 22.8 Å². The number of nitrogens with zero attached hydrogens (tertiary/aromatic N) is 1. The van der Waals surface area contributed by atoms with E-state index in [2.05, 4.69) is 76.5 Å². The van der Waals surface area contributed by atoms with Crippen LogP contribution < -0.4 is 5.32 Å². The van der Waals surface area contributed by atoms with E-state index in [9.17, 15) is 0 Å². The van der Waals surface area contributed by atoms with Crippen LogP contribution in [-0.4, -0.2) is 31.6 Å². The van der Waals surface area contributed by atoms with Crippen LogP contribution in [0.2, 0.25) is 0 Å². The second-order valence-corrected chi connectivity index (χ2v) is 6.23. The van der Waals surface area contributed by atoms with Gasteiger partial charge in [0.25, 0.3) is 0 Å². The molecule has 2 aromatic carbocycles. The summed E-state index contributed by atoms with van der Waals surface area (Å²) in [4.78, 5) is 2.36. The Morgan fingerprint density at radius 1 is 1.05 bits per heavy atom. The number of fused-ring (bicyclic) bond motifs is 1. The van der Waals surface area contributed by atoms with Crippen molar-refractivity contribution in [1.29, 1.82) is 0 Å². The zero-order valence-corrected chi connectivity index (χ0v) is 13.9. The van der Waals surface area contributed by atoms with Crippen molar-refractivity contribution in [2.45, 2.75) is 19.9 Å². The molecular formula is C17H23BrN2. The highest BCUT2D eigenvalue weighted by Crippen LogP contribution is 2.21. The summed E-state index contributed by atoms with van der Waals surface area (Å²) < 4.78 is 1.14. The second-order valence-electron chi connectivity index (χ2n) is 5.31. The Balaban J connectivity index is 1.94. The Hall–Kier alpha value is -0.900. The normalized spacial score (nSPS) is 11.4. The number of halogens is 1. The molecule has 0 radical (unpaired) electrons. The van der Waals surface area contributed by atoms with Gasteiger partial charge in [-0.25, -0.2) is 0 Å². The molecule has 2 rings (SSSR count). The third-order valence-electron chi connectivity index (χ3n) is 3.42. The second kappa shape index (κ2) is 7.77. The molecule has 0 saturated carbocycles. The van der Waals surface area contributed by atoms with Crippen LogP contribution in [0.25, 0.3) is 10.8 Å². The summed E-state index contributed by atoms with van der Waals surface area (Å²) in [7, 11) is 2.18. The molecule has 0 heterocycles. The van der Waals surface area contributed by atoms with Crippen LogP contribution in [0.5, 0.6) is 0 Å². The highest BCUT2D eigenvalue weighted by molar-refractivity contribution is 9.10. The minimum atomic E-state index is 1.000. The third-order valence-corrected chi connectivity index (χ3v) is 3.91. The molecule has 3 heteroatoms. The number of likely N-dealkylation sites (N-methyl/N-ethyl adjacent to an activating group) is 1. The van der Waals surface area contributed by atoms with Gasteiger partial charge in [0.15, 0.2) is 0 Å². The van der Waals surface area contributed by atoms with Crippen LogP contribution in [0.3, 0.4) is 0 Å². The first-order valence-corrected chi connectivity index (χ1v) is 8.06. The molecule has 0 aliphatic rings. The average molecular weight is 335 g/mol. The van der Waals surface area contributed by atoms with Gasteiger partial charge in [-0.15, -0.1) is 0 Å². The summed E-state index contributed by atoms with van der Waals surface area (Å²) in [6.45, 7) is 6.45. The van der Waals surface area contributed by atoms with Gasteiger partial charge in [-0.05, 0) is 54.5 Å². The monoisotopic (exact) mass is 334 g/mol. The van der Waals surface area contributed by atoms with Gasteiger partial charge in [0.2, 0.25) is 0 Å². The Labute approximate surface area is 130 Å². The lowest BCUT2D eigenvalue weighted by Gasteiger charge is -2.17. The van der Waals surface area contributed by atoms with Gasteiger partial charge in [0.05, 0.1) is 0 Å². The van der Waals surface area contributed by atoms with E-state index in [1.807, 2.05) is 0 Å². The molecule has 1 N–H and O–H groups in total. The molecule has 0 unspecified atom stereocenters. The zero-order valence-electron chi connectivity index (χ0n) is 12.3. The summed E-state index contributed by atoms with van der Waals surface area (Å²) in [6.07, 6.45) is 1.20. The number of hydrogen-bond acceptors (Lipinski definition) is 2. The molecular weight excluding hydrogens is 312 g/mol. The van der Waals surface area contributed by atoms with Gasteiger partial charge in [0.1, 0.15) is 0 Å². The number of benzene rings is 2. The molecule has 2 nitrogen and oxygen atoms in total. The minimum Gasteiger partial charge on any atom is -0.315 e. The van der Waals surface area contributed by atoms with Crippen LogP contribution in [-0.2, 0) is 6.54 Å². The molecule has 0 fully saturated rings. The van der Waals surface area contributed by atoms with E-state index in [0.29, 0.717) is 0 Å². The molecule has 0 spiro atoms. The van der Waals surface area contributed by atoms with Crippen molar-refractivity contribution in [3.8, 4) is 0 Å². The highest BCUT2D eigenvalue weighted by Gasteiger charge is 2.02. The minimum absolute atomic E-state index is 1.000. The van der Waals surface area contributed by atoms with E-state index >= 15 is 0 Å². The molecule has 108 valence electrons. The quantitative estimate of drug-likeness (QED) is 0.769. The van der Waals surface area contributed by atoms with Crippen LogP contribution in [0.4, 0.5) is 0 Å². The molecule has 2 aromatic rings. The van der Waals surface area contributed by atoms with Gasteiger partial charge >= 0.3 is 0 Å². The molecule has 0 aliphatic heterocycles. The largest absolute Gasteiger partial charge is 0.315 e. The smallest absolute Gasteiger partial charge is 0.0231 e. The van der Waals surface area contributed by atoms with Crippen molar-refractivity contribution in [1.82, 2.24) is 10.2 Å². The maximum atomic E-state index is 3.52. The van der Waals surface area contributed by atoms with Gasteiger partial charge in [-0.3, -0.25) is 0 Å². The lowest BCUT2D eigenvalue weighted by Crippen LogP contribution is -2.29. The van der Waals surface area contributed by atoms with Crippen molar-refractivity contribution in [3.05, 3.63) is 46.4 Å². The van der Waals surface area contributed by atoms with Crippen LogP contribution >= 0.6 is 15.9 Å². The summed E-state index contributed by atoms with van der Waals surface area (Å²) in [5, 5.41) is 6.04. The Morgan fingerprint density at radius 2 is 1.80 bits per heavy atom. The molecule has 0 aromatic heterocycles. The number of rotatable bonds is 7. The zero-order chi connectivity index (χ0) is 14.4. The van der Waals surface area contributed by atoms with E-state index in [1.54, 1.807) is 0 Å². The third kappa shape index (κ3) is 4.58. The summed E-state index contributed by atoms with van der Waals surface area (Å²) in [6, 6.07) is 13.2. The fourth-order valence-corrected chi connectivity index (χ4v) is 2.71. The van der Waals surface area contributed by atoms with E-state index in [4.69, 9.17) is 0 Å². The predicted octanol–water partition coefficient (Wildman–Crippen LogP) is 4.03. The van der Waals surface area contributed by atoms with Gasteiger partial charge in [0, 0.05) is 24.1 Å². The highest BCUT2D eigenvalue weighted by atomic mass is 79.9. The average Bonchev–Trinajstić information content (AvgIpc) is 2.44. The Kier molecular flexibility index (Phi) is 6.02. The first kappa shape index (κ1) is 15.5. The van der Waals surface area contributed by atoms with Crippen molar-refractivity contribution in [3.63, 3.8) is 0 Å². The molecule has 0 atom stereocenters. The van der Waals surface area contributed by atoms with Gasteiger partial charge in [-0.2, -0.15) is 0 Å². The van der Waals surface area contributed by atoms with Crippen molar-refractivity contribution >= 4 is 26.7 Å². The van der Waals surface area contributed by atoms with E-state index in [-0.39, 0.29) is 0 Å². The van der Waals surface area contributed by atoms with Crippen molar-refractivity contribution in [2.75, 3.05) is 26.7 Å². The Morgan fingerprint density at radius 3 is 2.60 bits per heavy atom. The maximum Gasteiger partial charge on any atom is 0.0231 e. The predicted molar refractivity (Wildman–Crippen MR) is 91.1 cm³/mol. The standard InChI is InChI=1S/C17H23BrN2/c1-3-8-19-9-10-20(2)13-14-4-5-16-12-17(18)7-6-15(16)11-14/h4-7,11-12,19H,3,8-10,13H2,1-2H3. The number of hydrogen-bond donors (Lipinski definition) is 1. The molecule has 0 amide bonds. The summed E-state index contributed by atoms with van der Waals surface area (Å²) in [5.74, 6) is 0. The van der Waals surface area contributed by atoms with Gasteiger partial charge < -0.3 is 10.2 Å². The first-order valence-electron chi connectivity index (χ1n) is 7.26. The fraction of sp³-hybridized carbons (Fsp3) is 0.412. The SMILES string of the molecule is CCCNCCN(C)Cc1ccc2cc(Br)ccc2c1.